The summed E-state index contributed by atoms with van der Waals surface area (Å²) in [6, 6.07) is 7.32. The molecule has 0 aliphatic rings. The molecule has 0 amide bonds. The number of nitrogens with zero attached hydrogens (tertiary/aromatic N) is 2. The summed E-state index contributed by atoms with van der Waals surface area (Å²) in [5.41, 5.74) is 2.81. The van der Waals surface area contributed by atoms with Gasteiger partial charge >= 0.3 is 0 Å². The minimum absolute atomic E-state index is 0.108. The van der Waals surface area contributed by atoms with Crippen LogP contribution in [0, 0.1) is 6.92 Å². The summed E-state index contributed by atoms with van der Waals surface area (Å²) in [7, 11) is 1.78. The maximum Gasteiger partial charge on any atom is 0.174 e. The topological polar surface area (TPSA) is 52.0 Å². The maximum atomic E-state index is 12.3. The monoisotopic (exact) mass is 270 g/mol. The lowest BCUT2D eigenvalue weighted by atomic mass is 9.98. The number of ketones is 2. The molecule has 0 bridgehead atoms. The predicted octanol–water partition coefficient (Wildman–Crippen LogP) is 2.75. The van der Waals surface area contributed by atoms with Crippen molar-refractivity contribution in [1.29, 1.82) is 0 Å². The van der Waals surface area contributed by atoms with Crippen molar-refractivity contribution in [2.24, 2.45) is 7.05 Å². The van der Waals surface area contributed by atoms with Gasteiger partial charge in [0.25, 0.3) is 0 Å². The van der Waals surface area contributed by atoms with Gasteiger partial charge < -0.3 is 0 Å². The van der Waals surface area contributed by atoms with E-state index in [9.17, 15) is 9.59 Å². The van der Waals surface area contributed by atoms with E-state index in [0.717, 1.165) is 11.3 Å². The average Bonchev–Trinajstić information content (AvgIpc) is 2.80. The molecule has 2 aromatic rings. The summed E-state index contributed by atoms with van der Waals surface area (Å²) in [4.78, 5) is 24.5. The van der Waals surface area contributed by atoms with Crippen LogP contribution in [0.4, 0.5) is 0 Å². The van der Waals surface area contributed by atoms with E-state index in [0.29, 0.717) is 17.5 Å². The Hall–Kier alpha value is -2.23. The number of Topliss-reactive ketones (excluding diaryl/α,β-unsaturated/α-hetero) is 2. The van der Waals surface area contributed by atoms with Crippen LogP contribution in [-0.4, -0.2) is 21.3 Å². The zero-order valence-electron chi connectivity index (χ0n) is 12.0. The normalized spacial score (nSPS) is 10.6. The summed E-state index contributed by atoms with van der Waals surface area (Å²) < 4.78 is 1.62. The Bertz CT molecular complexity index is 656. The van der Waals surface area contributed by atoms with Crippen LogP contribution < -0.4 is 0 Å². The van der Waals surface area contributed by atoms with Gasteiger partial charge in [0.05, 0.1) is 17.7 Å². The first kappa shape index (κ1) is 14.2. The van der Waals surface area contributed by atoms with Gasteiger partial charge in [0, 0.05) is 18.8 Å². The Morgan fingerprint density at radius 2 is 1.80 bits per heavy atom. The van der Waals surface area contributed by atoms with Crippen LogP contribution in [0.1, 0.15) is 45.3 Å². The van der Waals surface area contributed by atoms with Crippen molar-refractivity contribution in [3.63, 3.8) is 0 Å². The molecular weight excluding hydrogens is 252 g/mol. The fourth-order valence-electron chi connectivity index (χ4n) is 2.25. The SMILES string of the molecule is CCc1nn(C)cc1C(=O)CC(=O)c1ccccc1C. The molecule has 2 rings (SSSR count). The summed E-state index contributed by atoms with van der Waals surface area (Å²) in [5.74, 6) is -0.304. The highest BCUT2D eigenvalue weighted by molar-refractivity contribution is 6.14. The molecule has 20 heavy (non-hydrogen) atoms. The van der Waals surface area contributed by atoms with Crippen LogP contribution in [0.2, 0.25) is 0 Å². The molecule has 1 aromatic carbocycles. The van der Waals surface area contributed by atoms with Gasteiger partial charge in [-0.3, -0.25) is 14.3 Å². The third-order valence-electron chi connectivity index (χ3n) is 3.31. The number of benzene rings is 1. The summed E-state index contributed by atoms with van der Waals surface area (Å²) in [6.45, 7) is 3.82. The van der Waals surface area contributed by atoms with E-state index in [4.69, 9.17) is 0 Å². The van der Waals surface area contributed by atoms with E-state index in [1.807, 2.05) is 32.0 Å². The molecule has 1 aromatic heterocycles. The number of aromatic nitrogens is 2. The number of carbonyl (C=O) groups excluding carboxylic acids is 2. The van der Waals surface area contributed by atoms with Gasteiger partial charge in [-0.05, 0) is 18.9 Å². The molecule has 0 aliphatic heterocycles. The standard InChI is InChI=1S/C16H18N2O2/c1-4-14-13(10-18(3)17-14)16(20)9-15(19)12-8-6-5-7-11(12)2/h5-8,10H,4,9H2,1-3H3. The highest BCUT2D eigenvalue weighted by Crippen LogP contribution is 2.15. The lowest BCUT2D eigenvalue weighted by Gasteiger charge is -2.04. The van der Waals surface area contributed by atoms with Crippen LogP contribution in [0.3, 0.4) is 0 Å². The van der Waals surface area contributed by atoms with Crippen molar-refractivity contribution < 1.29 is 9.59 Å². The van der Waals surface area contributed by atoms with Gasteiger partial charge in [-0.1, -0.05) is 31.2 Å². The van der Waals surface area contributed by atoms with Crippen LogP contribution in [-0.2, 0) is 13.5 Å². The lowest BCUT2D eigenvalue weighted by molar-refractivity contribution is 0.0893. The first-order valence-electron chi connectivity index (χ1n) is 6.67. The largest absolute Gasteiger partial charge is 0.294 e. The highest BCUT2D eigenvalue weighted by atomic mass is 16.1. The second kappa shape index (κ2) is 5.82. The summed E-state index contributed by atoms with van der Waals surface area (Å²) in [6.07, 6.45) is 2.26. The third kappa shape index (κ3) is 2.85. The van der Waals surface area contributed by atoms with Crippen molar-refractivity contribution in [3.8, 4) is 0 Å². The van der Waals surface area contributed by atoms with Crippen LogP contribution in [0.5, 0.6) is 0 Å². The number of aryl methyl sites for hydroxylation is 3. The van der Waals surface area contributed by atoms with Gasteiger partial charge in [0.2, 0.25) is 0 Å². The van der Waals surface area contributed by atoms with Gasteiger partial charge in [0.1, 0.15) is 0 Å². The number of hydrogen-bond acceptors (Lipinski definition) is 3. The molecule has 4 heteroatoms. The molecule has 0 aliphatic carbocycles. The molecule has 0 saturated carbocycles. The summed E-state index contributed by atoms with van der Waals surface area (Å²) >= 11 is 0. The second-order valence-corrected chi connectivity index (χ2v) is 4.85. The van der Waals surface area contributed by atoms with Crippen LogP contribution in [0.25, 0.3) is 0 Å². The van der Waals surface area contributed by atoms with Crippen molar-refractivity contribution in [1.82, 2.24) is 9.78 Å². The molecule has 104 valence electrons. The van der Waals surface area contributed by atoms with E-state index in [2.05, 4.69) is 5.10 Å². The fraction of sp³-hybridized carbons (Fsp3) is 0.312. The molecular formula is C16H18N2O2. The molecule has 0 atom stereocenters. The third-order valence-corrected chi connectivity index (χ3v) is 3.31. The van der Waals surface area contributed by atoms with Crippen molar-refractivity contribution in [2.75, 3.05) is 0 Å². The van der Waals surface area contributed by atoms with Crippen LogP contribution in [0.15, 0.2) is 30.5 Å². The predicted molar refractivity (Wildman–Crippen MR) is 77.0 cm³/mol. The van der Waals surface area contributed by atoms with E-state index < -0.39 is 0 Å². The molecule has 0 radical (unpaired) electrons. The van der Waals surface area contributed by atoms with Gasteiger partial charge in [-0.2, -0.15) is 5.10 Å². The smallest absolute Gasteiger partial charge is 0.174 e. The van der Waals surface area contributed by atoms with E-state index >= 15 is 0 Å². The molecule has 0 unspecified atom stereocenters. The van der Waals surface area contributed by atoms with Gasteiger partial charge in [-0.25, -0.2) is 0 Å². The second-order valence-electron chi connectivity index (χ2n) is 4.85. The molecule has 0 N–H and O–H groups in total. The molecule has 0 spiro atoms. The van der Waals surface area contributed by atoms with Crippen molar-refractivity contribution >= 4 is 11.6 Å². The molecule has 4 nitrogen and oxygen atoms in total. The Morgan fingerprint density at radius 3 is 2.45 bits per heavy atom. The Labute approximate surface area is 118 Å². The maximum absolute atomic E-state index is 12.3. The van der Waals surface area contributed by atoms with Gasteiger partial charge in [-0.15, -0.1) is 0 Å². The molecule has 0 saturated heterocycles. The summed E-state index contributed by atoms with van der Waals surface area (Å²) in [5, 5.41) is 4.23. The Balaban J connectivity index is 2.20. The quantitative estimate of drug-likeness (QED) is 0.620. The van der Waals surface area contributed by atoms with E-state index in [1.165, 1.54) is 0 Å². The van der Waals surface area contributed by atoms with Crippen molar-refractivity contribution in [2.45, 2.75) is 26.7 Å². The minimum Gasteiger partial charge on any atom is -0.294 e. The lowest BCUT2D eigenvalue weighted by Crippen LogP contribution is -2.10. The number of carbonyl (C=O) groups is 2. The van der Waals surface area contributed by atoms with E-state index in [1.54, 1.807) is 24.0 Å². The van der Waals surface area contributed by atoms with Gasteiger partial charge in [0.15, 0.2) is 11.6 Å². The zero-order valence-corrected chi connectivity index (χ0v) is 12.0. The average molecular weight is 270 g/mol. The number of hydrogen-bond donors (Lipinski definition) is 0. The van der Waals surface area contributed by atoms with E-state index in [-0.39, 0.29) is 18.0 Å². The highest BCUT2D eigenvalue weighted by Gasteiger charge is 2.19. The molecule has 1 heterocycles. The first-order chi connectivity index (χ1) is 9.52. The molecule has 0 fully saturated rings. The Morgan fingerprint density at radius 1 is 1.15 bits per heavy atom. The number of rotatable bonds is 5. The minimum atomic E-state index is -0.164. The van der Waals surface area contributed by atoms with Crippen LogP contribution >= 0.6 is 0 Å². The fourth-order valence-corrected chi connectivity index (χ4v) is 2.25. The zero-order chi connectivity index (χ0) is 14.7. The Kier molecular flexibility index (Phi) is 4.13. The van der Waals surface area contributed by atoms with Crippen molar-refractivity contribution in [3.05, 3.63) is 52.8 Å². The first-order valence-corrected chi connectivity index (χ1v) is 6.67.